The van der Waals surface area contributed by atoms with Gasteiger partial charge in [0.25, 0.3) is 11.7 Å². The number of likely N-dealkylation sites (N-methyl/N-ethyl adjacent to an activating group) is 1. The van der Waals surface area contributed by atoms with Gasteiger partial charge in [-0.05, 0) is 43.3 Å². The van der Waals surface area contributed by atoms with Crippen molar-refractivity contribution in [3.8, 4) is 5.75 Å². The summed E-state index contributed by atoms with van der Waals surface area (Å²) < 4.78 is 5.67. The minimum atomic E-state index is -0.695. The monoisotopic (exact) mass is 437 g/mol. The van der Waals surface area contributed by atoms with Crippen LogP contribution in [0.15, 0.2) is 54.4 Å². The molecule has 2 aromatic rings. The van der Waals surface area contributed by atoms with E-state index in [1.165, 1.54) is 0 Å². The normalized spacial score (nSPS) is 17.9. The second-order valence-electron chi connectivity index (χ2n) is 7.68. The van der Waals surface area contributed by atoms with E-state index in [1.54, 1.807) is 47.6 Å². The largest absolute Gasteiger partial charge is 0.507 e. The summed E-state index contributed by atoms with van der Waals surface area (Å²) in [6, 6.07) is 9.84. The maximum Gasteiger partial charge on any atom is 0.295 e. The van der Waals surface area contributed by atoms with Crippen LogP contribution in [0.25, 0.3) is 5.76 Å². The van der Waals surface area contributed by atoms with Gasteiger partial charge < -0.3 is 19.6 Å². The molecule has 1 aliphatic heterocycles. The molecule has 1 aromatic heterocycles. The van der Waals surface area contributed by atoms with Gasteiger partial charge in [0.15, 0.2) is 0 Å². The van der Waals surface area contributed by atoms with E-state index in [4.69, 9.17) is 4.74 Å². The number of hydrogen-bond acceptors (Lipinski definition) is 6. The molecule has 2 heterocycles. The predicted molar refractivity (Wildman–Crippen MR) is 123 cm³/mol. The summed E-state index contributed by atoms with van der Waals surface area (Å²) in [7, 11) is 0. The molecular weight excluding hydrogens is 406 g/mol. The third kappa shape index (κ3) is 4.99. The van der Waals surface area contributed by atoms with Gasteiger partial charge in [-0.15, -0.1) is 0 Å². The summed E-state index contributed by atoms with van der Waals surface area (Å²) >= 11 is 0. The van der Waals surface area contributed by atoms with Crippen LogP contribution >= 0.6 is 0 Å². The van der Waals surface area contributed by atoms with Crippen molar-refractivity contribution < 1.29 is 19.4 Å². The summed E-state index contributed by atoms with van der Waals surface area (Å²) in [6.07, 6.45) is 4.13. The van der Waals surface area contributed by atoms with Gasteiger partial charge in [0.1, 0.15) is 11.5 Å². The Labute approximate surface area is 189 Å². The number of carbonyl (C=O) groups excluding carboxylic acids is 2. The average molecular weight is 438 g/mol. The van der Waals surface area contributed by atoms with Crippen LogP contribution < -0.4 is 4.74 Å². The van der Waals surface area contributed by atoms with Crippen molar-refractivity contribution in [3.63, 3.8) is 0 Å². The Morgan fingerprint density at radius 1 is 1.16 bits per heavy atom. The van der Waals surface area contributed by atoms with Crippen LogP contribution in [0.5, 0.6) is 5.75 Å². The van der Waals surface area contributed by atoms with E-state index in [0.717, 1.165) is 19.5 Å². The van der Waals surface area contributed by atoms with Crippen molar-refractivity contribution >= 4 is 17.4 Å². The van der Waals surface area contributed by atoms with Crippen molar-refractivity contribution in [2.75, 3.05) is 32.8 Å². The van der Waals surface area contributed by atoms with Crippen molar-refractivity contribution in [2.45, 2.75) is 33.2 Å². The Bertz CT molecular complexity index is 970. The topological polar surface area (TPSA) is 83.0 Å². The molecule has 0 bridgehead atoms. The molecule has 1 fully saturated rings. The summed E-state index contributed by atoms with van der Waals surface area (Å²) in [5.74, 6) is -0.893. The quantitative estimate of drug-likeness (QED) is 0.347. The molecule has 7 nitrogen and oxygen atoms in total. The molecule has 0 spiro atoms. The summed E-state index contributed by atoms with van der Waals surface area (Å²) in [6.45, 7) is 9.39. The molecular formula is C25H31N3O4. The van der Waals surface area contributed by atoms with Crippen LogP contribution in [-0.2, 0) is 9.59 Å². The van der Waals surface area contributed by atoms with E-state index >= 15 is 0 Å². The molecule has 0 aliphatic carbocycles. The number of benzene rings is 1. The number of pyridine rings is 1. The standard InChI is InChI=1S/C25H31N3O4/c1-4-15-32-20-11-7-9-18(16-20)23(29)21-22(19-10-8-12-26-17-19)28(25(31)24(21)30)14-13-27(5-2)6-3/h7-12,16-17,22,29H,4-6,13-15H2,1-3H3. The zero-order chi connectivity index (χ0) is 23.1. The number of aromatic nitrogens is 1. The predicted octanol–water partition coefficient (Wildman–Crippen LogP) is 3.63. The number of rotatable bonds is 10. The zero-order valence-electron chi connectivity index (χ0n) is 19.0. The van der Waals surface area contributed by atoms with Crippen LogP contribution in [0.1, 0.15) is 44.4 Å². The maximum absolute atomic E-state index is 13.1. The fraction of sp³-hybridized carbons (Fsp3) is 0.400. The molecule has 1 N–H and O–H groups in total. The smallest absolute Gasteiger partial charge is 0.295 e. The van der Waals surface area contributed by atoms with E-state index in [1.807, 2.05) is 13.0 Å². The minimum Gasteiger partial charge on any atom is -0.507 e. The molecule has 1 aliphatic rings. The Kier molecular flexibility index (Phi) is 8.00. The molecule has 3 rings (SSSR count). The van der Waals surface area contributed by atoms with E-state index in [-0.39, 0.29) is 11.3 Å². The number of ketones is 1. The molecule has 1 atom stereocenters. The third-order valence-corrected chi connectivity index (χ3v) is 5.67. The van der Waals surface area contributed by atoms with E-state index in [0.29, 0.717) is 36.6 Å². The van der Waals surface area contributed by atoms with E-state index < -0.39 is 17.7 Å². The molecule has 32 heavy (non-hydrogen) atoms. The summed E-state index contributed by atoms with van der Waals surface area (Å²) in [4.78, 5) is 34.0. The van der Waals surface area contributed by atoms with Crippen LogP contribution in [0.4, 0.5) is 0 Å². The molecule has 1 saturated heterocycles. The highest BCUT2D eigenvalue weighted by molar-refractivity contribution is 6.46. The first-order chi connectivity index (χ1) is 15.5. The lowest BCUT2D eigenvalue weighted by Gasteiger charge is -2.28. The first-order valence-electron chi connectivity index (χ1n) is 11.2. The van der Waals surface area contributed by atoms with Gasteiger partial charge in [-0.1, -0.05) is 39.0 Å². The van der Waals surface area contributed by atoms with Crippen LogP contribution in [0, 0.1) is 0 Å². The van der Waals surface area contributed by atoms with Crippen molar-refractivity contribution in [3.05, 3.63) is 65.5 Å². The van der Waals surface area contributed by atoms with E-state index in [9.17, 15) is 14.7 Å². The molecule has 1 amide bonds. The van der Waals surface area contributed by atoms with Crippen LogP contribution in [-0.4, -0.2) is 64.4 Å². The van der Waals surface area contributed by atoms with Gasteiger partial charge in [-0.2, -0.15) is 0 Å². The van der Waals surface area contributed by atoms with Gasteiger partial charge in [-0.25, -0.2) is 0 Å². The maximum atomic E-state index is 13.1. The summed E-state index contributed by atoms with van der Waals surface area (Å²) in [5, 5.41) is 11.2. The van der Waals surface area contributed by atoms with Crippen molar-refractivity contribution in [1.82, 2.24) is 14.8 Å². The fourth-order valence-corrected chi connectivity index (χ4v) is 3.89. The lowest BCUT2D eigenvalue weighted by Crippen LogP contribution is -2.38. The first kappa shape index (κ1) is 23.5. The molecule has 1 aromatic carbocycles. The van der Waals surface area contributed by atoms with Crippen LogP contribution in [0.3, 0.4) is 0 Å². The number of ether oxygens (including phenoxy) is 1. The highest BCUT2D eigenvalue weighted by atomic mass is 16.5. The minimum absolute atomic E-state index is 0.0789. The zero-order valence-corrected chi connectivity index (χ0v) is 19.0. The molecule has 0 radical (unpaired) electrons. The van der Waals surface area contributed by atoms with Crippen molar-refractivity contribution in [2.24, 2.45) is 0 Å². The third-order valence-electron chi connectivity index (χ3n) is 5.67. The highest BCUT2D eigenvalue weighted by Gasteiger charge is 2.46. The number of carbonyl (C=O) groups is 2. The Hall–Kier alpha value is -3.19. The lowest BCUT2D eigenvalue weighted by molar-refractivity contribution is -0.140. The molecule has 0 saturated carbocycles. The first-order valence-corrected chi connectivity index (χ1v) is 11.2. The Balaban J connectivity index is 2.04. The van der Waals surface area contributed by atoms with Gasteiger partial charge in [0.2, 0.25) is 0 Å². The number of Topliss-reactive ketones (excluding diaryl/α,β-unsaturated/α-hetero) is 1. The SMILES string of the molecule is CCCOc1cccc(C(O)=C2C(=O)C(=O)N(CCN(CC)CC)C2c2cccnc2)c1. The number of nitrogens with zero attached hydrogens (tertiary/aromatic N) is 3. The van der Waals surface area contributed by atoms with Gasteiger partial charge >= 0.3 is 0 Å². The average Bonchev–Trinajstić information content (AvgIpc) is 3.08. The number of hydrogen-bond donors (Lipinski definition) is 1. The number of aliphatic hydroxyl groups is 1. The second-order valence-corrected chi connectivity index (χ2v) is 7.68. The number of amides is 1. The number of likely N-dealkylation sites (tertiary alicyclic amines) is 1. The Morgan fingerprint density at radius 2 is 1.94 bits per heavy atom. The van der Waals surface area contributed by atoms with Gasteiger partial charge in [0.05, 0.1) is 18.2 Å². The molecule has 7 heteroatoms. The summed E-state index contributed by atoms with van der Waals surface area (Å²) in [5.41, 5.74) is 1.20. The highest BCUT2D eigenvalue weighted by Crippen LogP contribution is 2.39. The number of aliphatic hydroxyl groups excluding tert-OH is 1. The van der Waals surface area contributed by atoms with Crippen molar-refractivity contribution in [1.29, 1.82) is 0 Å². The van der Waals surface area contributed by atoms with Gasteiger partial charge in [0, 0.05) is 31.0 Å². The second kappa shape index (κ2) is 10.9. The van der Waals surface area contributed by atoms with E-state index in [2.05, 4.69) is 23.7 Å². The van der Waals surface area contributed by atoms with Crippen LogP contribution in [0.2, 0.25) is 0 Å². The fourth-order valence-electron chi connectivity index (χ4n) is 3.89. The Morgan fingerprint density at radius 3 is 2.59 bits per heavy atom. The van der Waals surface area contributed by atoms with Gasteiger partial charge in [-0.3, -0.25) is 14.6 Å². The molecule has 170 valence electrons. The molecule has 1 unspecified atom stereocenters. The lowest BCUT2D eigenvalue weighted by atomic mass is 9.96.